The number of pyridine rings is 1. The zero-order valence-corrected chi connectivity index (χ0v) is 25.4. The van der Waals surface area contributed by atoms with Crippen LogP contribution in [0.15, 0.2) is 103 Å². The molecule has 230 valence electrons. The first kappa shape index (κ1) is 30.3. The molecule has 6 rings (SSSR count). The van der Waals surface area contributed by atoms with E-state index in [2.05, 4.69) is 16.7 Å². The van der Waals surface area contributed by atoms with Crippen molar-refractivity contribution in [3.05, 3.63) is 137 Å². The normalized spacial score (nSPS) is 12.8. The van der Waals surface area contributed by atoms with Crippen LogP contribution >= 0.6 is 0 Å². The van der Waals surface area contributed by atoms with Crippen molar-refractivity contribution in [3.63, 3.8) is 0 Å². The summed E-state index contributed by atoms with van der Waals surface area (Å²) in [6.45, 7) is -0.0953. The summed E-state index contributed by atoms with van der Waals surface area (Å²) in [5.74, 6) is -0.687. The maximum Gasteiger partial charge on any atom is 0.339 e. The van der Waals surface area contributed by atoms with Crippen molar-refractivity contribution in [3.8, 4) is 5.75 Å². The Kier molecular flexibility index (Phi) is 9.15. The van der Waals surface area contributed by atoms with Crippen LogP contribution in [-0.2, 0) is 22.4 Å². The van der Waals surface area contributed by atoms with Gasteiger partial charge in [0.15, 0.2) is 6.61 Å². The minimum absolute atomic E-state index is 0.313. The highest BCUT2D eigenvalue weighted by Crippen LogP contribution is 2.37. The Bertz CT molecular complexity index is 1930. The highest BCUT2D eigenvalue weighted by atomic mass is 16.5. The van der Waals surface area contributed by atoms with E-state index >= 15 is 0 Å². The van der Waals surface area contributed by atoms with Gasteiger partial charge in [0.25, 0.3) is 11.8 Å². The van der Waals surface area contributed by atoms with Crippen LogP contribution in [-0.4, -0.2) is 43.0 Å². The van der Waals surface area contributed by atoms with E-state index in [1.807, 2.05) is 78.9 Å². The van der Waals surface area contributed by atoms with Crippen LogP contribution in [0.4, 0.5) is 5.69 Å². The quantitative estimate of drug-likeness (QED) is 0.175. The Labute approximate surface area is 267 Å². The number of ether oxygens (including phenoxy) is 2. The lowest BCUT2D eigenvalue weighted by atomic mass is 10.0. The molecule has 0 bridgehead atoms. The second kappa shape index (κ2) is 13.9. The molecular formula is C38H33N3O5. The van der Waals surface area contributed by atoms with E-state index in [0.29, 0.717) is 47.1 Å². The lowest BCUT2D eigenvalue weighted by molar-refractivity contribution is -0.119. The molecule has 0 fully saturated rings. The van der Waals surface area contributed by atoms with Crippen molar-refractivity contribution in [2.24, 2.45) is 0 Å². The maximum atomic E-state index is 13.6. The summed E-state index contributed by atoms with van der Waals surface area (Å²) in [6.07, 6.45) is 4.12. The fourth-order valence-corrected chi connectivity index (χ4v) is 5.65. The fourth-order valence-electron chi connectivity index (χ4n) is 5.65. The van der Waals surface area contributed by atoms with E-state index in [4.69, 9.17) is 14.5 Å². The van der Waals surface area contributed by atoms with E-state index < -0.39 is 18.5 Å². The minimum atomic E-state index is -0.587. The number of carbonyl (C=O) groups is 3. The monoisotopic (exact) mass is 611 g/mol. The third kappa shape index (κ3) is 6.81. The van der Waals surface area contributed by atoms with Gasteiger partial charge in [0.2, 0.25) is 0 Å². The van der Waals surface area contributed by atoms with Crippen molar-refractivity contribution in [1.29, 1.82) is 0 Å². The Morgan fingerprint density at radius 3 is 2.39 bits per heavy atom. The first-order chi connectivity index (χ1) is 22.5. The molecule has 0 atom stereocenters. The third-order valence-electron chi connectivity index (χ3n) is 7.92. The zero-order chi connectivity index (χ0) is 31.9. The number of nitrogens with zero attached hydrogens (tertiary/aromatic N) is 1. The molecule has 8 heteroatoms. The Hall–Kier alpha value is -5.76. The van der Waals surface area contributed by atoms with Crippen LogP contribution in [0.1, 0.15) is 49.5 Å². The molecule has 1 aliphatic rings. The predicted molar refractivity (Wildman–Crippen MR) is 179 cm³/mol. The number of hydrogen-bond donors (Lipinski definition) is 2. The van der Waals surface area contributed by atoms with Crippen molar-refractivity contribution < 1.29 is 23.9 Å². The van der Waals surface area contributed by atoms with Crippen LogP contribution in [0.25, 0.3) is 22.6 Å². The highest BCUT2D eigenvalue weighted by Gasteiger charge is 2.28. The van der Waals surface area contributed by atoms with Gasteiger partial charge < -0.3 is 20.1 Å². The standard InChI is InChI=1S/C38H33N3O5/c1-45-28-18-15-25(16-19-28)21-22-39-37(43)30-12-6-8-14-33(30)40-34(42)24-46-38(44)35-29-11-5-7-13-32(29)41-36-27(17-20-31(35)36)23-26-9-3-2-4-10-26/h2-16,18-19,23H,17,20-22,24H2,1H3,(H,39,43)(H,40,42)/b27-23+. The van der Waals surface area contributed by atoms with Crippen LogP contribution in [0.2, 0.25) is 0 Å². The van der Waals surface area contributed by atoms with E-state index in [-0.39, 0.29) is 5.91 Å². The number of amides is 2. The molecule has 0 aliphatic heterocycles. The molecule has 1 aromatic heterocycles. The number of allylic oxidation sites excluding steroid dienone is 1. The van der Waals surface area contributed by atoms with E-state index in [0.717, 1.165) is 40.1 Å². The van der Waals surface area contributed by atoms with Gasteiger partial charge >= 0.3 is 5.97 Å². The summed E-state index contributed by atoms with van der Waals surface area (Å²) in [5.41, 5.74) is 6.54. The largest absolute Gasteiger partial charge is 0.497 e. The smallest absolute Gasteiger partial charge is 0.339 e. The van der Waals surface area contributed by atoms with Gasteiger partial charge in [0.1, 0.15) is 5.75 Å². The molecule has 46 heavy (non-hydrogen) atoms. The number of benzene rings is 4. The van der Waals surface area contributed by atoms with Crippen molar-refractivity contribution in [1.82, 2.24) is 10.3 Å². The maximum absolute atomic E-state index is 13.6. The number of esters is 1. The van der Waals surface area contributed by atoms with Gasteiger partial charge in [-0.3, -0.25) is 9.59 Å². The summed E-state index contributed by atoms with van der Waals surface area (Å²) in [6, 6.07) is 31.8. The number of para-hydroxylation sites is 2. The zero-order valence-electron chi connectivity index (χ0n) is 25.4. The van der Waals surface area contributed by atoms with Crippen LogP contribution in [0.5, 0.6) is 5.75 Å². The molecule has 0 saturated carbocycles. The number of fused-ring (bicyclic) bond motifs is 2. The third-order valence-corrected chi connectivity index (χ3v) is 7.92. The molecule has 0 saturated heterocycles. The molecule has 2 N–H and O–H groups in total. The first-order valence-electron chi connectivity index (χ1n) is 15.1. The molecule has 2 amide bonds. The average molecular weight is 612 g/mol. The molecule has 0 spiro atoms. The van der Waals surface area contributed by atoms with Crippen LogP contribution < -0.4 is 15.4 Å². The molecule has 0 radical (unpaired) electrons. The molecule has 1 heterocycles. The van der Waals surface area contributed by atoms with Gasteiger partial charge in [-0.05, 0) is 77.9 Å². The summed E-state index contributed by atoms with van der Waals surface area (Å²) >= 11 is 0. The second-order valence-corrected chi connectivity index (χ2v) is 10.9. The van der Waals surface area contributed by atoms with E-state index in [1.165, 1.54) is 0 Å². The van der Waals surface area contributed by atoms with Gasteiger partial charge in [-0.15, -0.1) is 0 Å². The number of anilines is 1. The topological polar surface area (TPSA) is 107 Å². The lowest BCUT2D eigenvalue weighted by Gasteiger charge is -2.14. The van der Waals surface area contributed by atoms with Gasteiger partial charge in [0, 0.05) is 11.9 Å². The fraction of sp³-hybridized carbons (Fsp3) is 0.158. The molecule has 1 aliphatic carbocycles. The minimum Gasteiger partial charge on any atom is -0.497 e. The number of aromatic nitrogens is 1. The summed E-state index contributed by atoms with van der Waals surface area (Å²) in [4.78, 5) is 44.4. The van der Waals surface area contributed by atoms with Gasteiger partial charge in [-0.2, -0.15) is 0 Å². The van der Waals surface area contributed by atoms with E-state index in [9.17, 15) is 14.4 Å². The molecule has 5 aromatic rings. The van der Waals surface area contributed by atoms with Gasteiger partial charge in [0.05, 0.1) is 35.1 Å². The number of methoxy groups -OCH3 is 1. The summed E-state index contributed by atoms with van der Waals surface area (Å²) in [5, 5.41) is 6.32. The lowest BCUT2D eigenvalue weighted by Crippen LogP contribution is -2.28. The second-order valence-electron chi connectivity index (χ2n) is 10.9. The van der Waals surface area contributed by atoms with Crippen molar-refractivity contribution in [2.75, 3.05) is 25.6 Å². The van der Waals surface area contributed by atoms with Gasteiger partial charge in [-0.25, -0.2) is 9.78 Å². The number of carbonyl (C=O) groups excluding carboxylic acids is 3. The molecule has 0 unspecified atom stereocenters. The van der Waals surface area contributed by atoms with Crippen molar-refractivity contribution >= 4 is 46.0 Å². The Morgan fingerprint density at radius 1 is 0.848 bits per heavy atom. The number of rotatable bonds is 10. The molecule has 4 aromatic carbocycles. The SMILES string of the molecule is COc1ccc(CCNC(=O)c2ccccc2NC(=O)COC(=O)c2c3c(nc4ccccc24)/C(=C/c2ccccc2)CC3)cc1. The Balaban J connectivity index is 1.13. The Morgan fingerprint density at radius 2 is 1.59 bits per heavy atom. The summed E-state index contributed by atoms with van der Waals surface area (Å²) < 4.78 is 10.8. The highest BCUT2D eigenvalue weighted by molar-refractivity contribution is 6.08. The van der Waals surface area contributed by atoms with Crippen LogP contribution in [0, 0.1) is 0 Å². The van der Waals surface area contributed by atoms with Crippen LogP contribution in [0.3, 0.4) is 0 Å². The number of nitrogens with one attached hydrogen (secondary N) is 2. The molecular weight excluding hydrogens is 578 g/mol. The first-order valence-corrected chi connectivity index (χ1v) is 15.1. The van der Waals surface area contributed by atoms with Crippen molar-refractivity contribution in [2.45, 2.75) is 19.3 Å². The number of hydrogen-bond acceptors (Lipinski definition) is 6. The average Bonchev–Trinajstić information content (AvgIpc) is 3.48. The van der Waals surface area contributed by atoms with Gasteiger partial charge in [-0.1, -0.05) is 72.8 Å². The van der Waals surface area contributed by atoms with E-state index in [1.54, 1.807) is 31.4 Å². The summed E-state index contributed by atoms with van der Waals surface area (Å²) in [7, 11) is 1.61. The molecule has 8 nitrogen and oxygen atoms in total. The predicted octanol–water partition coefficient (Wildman–Crippen LogP) is 6.50.